The summed E-state index contributed by atoms with van der Waals surface area (Å²) < 4.78 is 4.72. The van der Waals surface area contributed by atoms with Crippen LogP contribution in [0.2, 0.25) is 5.15 Å². The number of rotatable bonds is 2. The average Bonchev–Trinajstić information content (AvgIpc) is 2.47. The highest BCUT2D eigenvalue weighted by molar-refractivity contribution is 6.29. The molecule has 2 atom stereocenters. The molecule has 6 heteroatoms. The Bertz CT molecular complexity index is 589. The van der Waals surface area contributed by atoms with Crippen molar-refractivity contribution in [3.8, 4) is 6.07 Å². The number of hydrogen-bond acceptors (Lipinski definition) is 5. The Labute approximate surface area is 121 Å². The van der Waals surface area contributed by atoms with Gasteiger partial charge in [-0.3, -0.25) is 0 Å². The Morgan fingerprint density at radius 1 is 1.60 bits per heavy atom. The lowest BCUT2D eigenvalue weighted by Gasteiger charge is -2.28. The third-order valence-corrected chi connectivity index (χ3v) is 3.62. The van der Waals surface area contributed by atoms with E-state index in [0.717, 1.165) is 0 Å². The molecule has 0 aliphatic heterocycles. The van der Waals surface area contributed by atoms with Gasteiger partial charge in [-0.05, 0) is 18.1 Å². The summed E-state index contributed by atoms with van der Waals surface area (Å²) >= 11 is 5.75. The lowest BCUT2D eigenvalue weighted by molar-refractivity contribution is -0.137. The Hall–Kier alpha value is -2.06. The molecule has 20 heavy (non-hydrogen) atoms. The van der Waals surface area contributed by atoms with E-state index in [1.54, 1.807) is 12.1 Å². The summed E-state index contributed by atoms with van der Waals surface area (Å²) in [6, 6.07) is 5.47. The summed E-state index contributed by atoms with van der Waals surface area (Å²) in [5.41, 5.74) is 0.794. The SMILES string of the molecule is COC(=O)C1=C(O)CC[C@@H](C#N)[C@H]1c1ccc(Cl)nc1. The van der Waals surface area contributed by atoms with Crippen LogP contribution in [0.5, 0.6) is 0 Å². The van der Waals surface area contributed by atoms with Gasteiger partial charge in [-0.2, -0.15) is 5.26 Å². The van der Waals surface area contributed by atoms with Gasteiger partial charge < -0.3 is 9.84 Å². The molecule has 1 aliphatic rings. The van der Waals surface area contributed by atoms with Crippen molar-refractivity contribution in [2.45, 2.75) is 18.8 Å². The van der Waals surface area contributed by atoms with Crippen LogP contribution in [0.3, 0.4) is 0 Å². The zero-order chi connectivity index (χ0) is 14.7. The Morgan fingerprint density at radius 3 is 2.90 bits per heavy atom. The highest BCUT2D eigenvalue weighted by atomic mass is 35.5. The summed E-state index contributed by atoms with van der Waals surface area (Å²) in [7, 11) is 1.25. The maximum Gasteiger partial charge on any atom is 0.337 e. The van der Waals surface area contributed by atoms with E-state index in [2.05, 4.69) is 11.1 Å². The molecule has 1 heterocycles. The van der Waals surface area contributed by atoms with Gasteiger partial charge in [0.05, 0.1) is 24.7 Å². The van der Waals surface area contributed by atoms with Crippen LogP contribution >= 0.6 is 11.6 Å². The highest BCUT2D eigenvalue weighted by Crippen LogP contribution is 2.41. The average molecular weight is 293 g/mol. The Balaban J connectivity index is 2.52. The lowest BCUT2D eigenvalue weighted by atomic mass is 9.75. The zero-order valence-electron chi connectivity index (χ0n) is 10.8. The molecule has 1 aromatic heterocycles. The molecule has 0 bridgehead atoms. The first-order chi connectivity index (χ1) is 9.58. The summed E-state index contributed by atoms with van der Waals surface area (Å²) in [6.07, 6.45) is 2.29. The highest BCUT2D eigenvalue weighted by Gasteiger charge is 2.37. The second-order valence-corrected chi connectivity index (χ2v) is 4.91. The van der Waals surface area contributed by atoms with Crippen molar-refractivity contribution in [3.63, 3.8) is 0 Å². The first-order valence-corrected chi connectivity index (χ1v) is 6.47. The predicted molar refractivity (Wildman–Crippen MR) is 72.0 cm³/mol. The van der Waals surface area contributed by atoms with Crippen molar-refractivity contribution in [2.75, 3.05) is 7.11 Å². The molecule has 0 saturated carbocycles. The molecular formula is C14H13ClN2O3. The maximum atomic E-state index is 11.9. The van der Waals surface area contributed by atoms with E-state index in [-0.39, 0.29) is 11.3 Å². The number of aliphatic hydroxyl groups excluding tert-OH is 1. The fourth-order valence-electron chi connectivity index (χ4n) is 2.44. The molecule has 2 rings (SSSR count). The Morgan fingerprint density at radius 2 is 2.35 bits per heavy atom. The van der Waals surface area contributed by atoms with Crippen molar-refractivity contribution < 1.29 is 14.6 Å². The Kier molecular flexibility index (Phi) is 4.26. The van der Waals surface area contributed by atoms with E-state index < -0.39 is 17.8 Å². The molecule has 5 nitrogen and oxygen atoms in total. The molecule has 0 aromatic carbocycles. The van der Waals surface area contributed by atoms with Crippen LogP contribution in [0.25, 0.3) is 0 Å². The van der Waals surface area contributed by atoms with Gasteiger partial charge in [0, 0.05) is 18.5 Å². The predicted octanol–water partition coefficient (Wildman–Crippen LogP) is 2.74. The van der Waals surface area contributed by atoms with Crippen LogP contribution in [-0.2, 0) is 9.53 Å². The smallest absolute Gasteiger partial charge is 0.337 e. The molecular weight excluding hydrogens is 280 g/mol. The van der Waals surface area contributed by atoms with Crippen molar-refractivity contribution in [2.24, 2.45) is 5.92 Å². The third-order valence-electron chi connectivity index (χ3n) is 3.40. The van der Waals surface area contributed by atoms with E-state index in [9.17, 15) is 15.2 Å². The number of ether oxygens (including phenoxy) is 1. The van der Waals surface area contributed by atoms with Crippen LogP contribution in [0, 0.1) is 17.2 Å². The largest absolute Gasteiger partial charge is 0.512 e. The van der Waals surface area contributed by atoms with Gasteiger partial charge in [-0.15, -0.1) is 0 Å². The zero-order valence-corrected chi connectivity index (χ0v) is 11.6. The van der Waals surface area contributed by atoms with Crippen LogP contribution < -0.4 is 0 Å². The summed E-state index contributed by atoms with van der Waals surface area (Å²) in [5, 5.41) is 19.6. The topological polar surface area (TPSA) is 83.2 Å². The van der Waals surface area contributed by atoms with E-state index >= 15 is 0 Å². The van der Waals surface area contributed by atoms with Crippen molar-refractivity contribution in [1.82, 2.24) is 4.98 Å². The van der Waals surface area contributed by atoms with Crippen LogP contribution in [0.15, 0.2) is 29.7 Å². The van der Waals surface area contributed by atoms with Crippen LogP contribution in [0.1, 0.15) is 24.3 Å². The number of methoxy groups -OCH3 is 1. The number of nitrogens with zero attached hydrogens (tertiary/aromatic N) is 2. The minimum Gasteiger partial charge on any atom is -0.512 e. The second-order valence-electron chi connectivity index (χ2n) is 4.52. The molecule has 0 radical (unpaired) electrons. The number of halogens is 1. The first kappa shape index (κ1) is 14.4. The number of aromatic nitrogens is 1. The van der Waals surface area contributed by atoms with Crippen LogP contribution in [0.4, 0.5) is 0 Å². The fraction of sp³-hybridized carbons (Fsp3) is 0.357. The molecule has 1 N–H and O–H groups in total. The number of esters is 1. The maximum absolute atomic E-state index is 11.9. The van der Waals surface area contributed by atoms with Crippen LogP contribution in [-0.4, -0.2) is 23.2 Å². The molecule has 1 aromatic rings. The van der Waals surface area contributed by atoms with Gasteiger partial charge in [0.1, 0.15) is 10.9 Å². The monoisotopic (exact) mass is 292 g/mol. The standard InChI is InChI=1S/C14H13ClN2O3/c1-20-14(19)13-10(18)4-2-8(6-16)12(13)9-3-5-11(15)17-7-9/h3,5,7-8,12,18H,2,4H2,1H3/t8-,12-/m0/s1. The molecule has 1 aliphatic carbocycles. The first-order valence-electron chi connectivity index (χ1n) is 6.10. The van der Waals surface area contributed by atoms with E-state index in [1.807, 2.05) is 0 Å². The van der Waals surface area contributed by atoms with Gasteiger partial charge in [0.2, 0.25) is 0 Å². The fourth-order valence-corrected chi connectivity index (χ4v) is 2.55. The molecule has 104 valence electrons. The van der Waals surface area contributed by atoms with E-state index in [4.69, 9.17) is 16.3 Å². The number of hydrogen-bond donors (Lipinski definition) is 1. The third kappa shape index (κ3) is 2.61. The summed E-state index contributed by atoms with van der Waals surface area (Å²) in [6.45, 7) is 0. The van der Waals surface area contributed by atoms with Crippen molar-refractivity contribution in [3.05, 3.63) is 40.4 Å². The minimum atomic E-state index is -0.623. The minimum absolute atomic E-state index is 0.0247. The van der Waals surface area contributed by atoms with Gasteiger partial charge in [-0.1, -0.05) is 17.7 Å². The number of carbonyl (C=O) groups is 1. The molecule has 0 unspecified atom stereocenters. The van der Waals surface area contributed by atoms with Gasteiger partial charge in [-0.25, -0.2) is 9.78 Å². The number of allylic oxidation sites excluding steroid dienone is 1. The number of aliphatic hydroxyl groups is 1. The van der Waals surface area contributed by atoms with E-state index in [0.29, 0.717) is 23.6 Å². The summed E-state index contributed by atoms with van der Waals surface area (Å²) in [5.74, 6) is -1.61. The quantitative estimate of drug-likeness (QED) is 0.669. The molecule has 0 spiro atoms. The lowest BCUT2D eigenvalue weighted by Crippen LogP contribution is -2.26. The molecule has 0 fully saturated rings. The van der Waals surface area contributed by atoms with Gasteiger partial charge in [0.25, 0.3) is 0 Å². The van der Waals surface area contributed by atoms with Gasteiger partial charge >= 0.3 is 5.97 Å². The number of pyridine rings is 1. The molecule has 0 amide bonds. The second kappa shape index (κ2) is 5.93. The molecule has 0 saturated heterocycles. The summed E-state index contributed by atoms with van der Waals surface area (Å²) in [4.78, 5) is 15.9. The number of carbonyl (C=O) groups excluding carboxylic acids is 1. The normalized spacial score (nSPS) is 22.2. The van der Waals surface area contributed by atoms with Gasteiger partial charge in [0.15, 0.2) is 0 Å². The van der Waals surface area contributed by atoms with Crippen molar-refractivity contribution in [1.29, 1.82) is 5.26 Å². The number of nitriles is 1. The van der Waals surface area contributed by atoms with E-state index in [1.165, 1.54) is 13.3 Å². The van der Waals surface area contributed by atoms with Crippen molar-refractivity contribution >= 4 is 17.6 Å².